The number of benzene rings is 1. The number of piperazine rings is 1. The fraction of sp³-hybridized carbons (Fsp3) is 0.538. The fourth-order valence-electron chi connectivity index (χ4n) is 2.75. The molecule has 1 saturated carbocycles. The van der Waals surface area contributed by atoms with Crippen molar-refractivity contribution in [3.05, 3.63) is 35.9 Å². The number of nitrogens with one attached hydrogen (secondary N) is 1. The maximum Gasteiger partial charge on any atom is 0.0463 e. The van der Waals surface area contributed by atoms with E-state index in [4.69, 9.17) is 0 Å². The van der Waals surface area contributed by atoms with Crippen LogP contribution in [0.5, 0.6) is 0 Å². The fourth-order valence-corrected chi connectivity index (χ4v) is 2.75. The molecule has 4 heteroatoms. The van der Waals surface area contributed by atoms with Crippen LogP contribution < -0.4 is 5.32 Å². The third-order valence-corrected chi connectivity index (χ3v) is 3.76. The standard InChI is InChI=1S/C13H18N2.2ClH/c1-2-4-12(5-3-1)13(6-7-13)15-10-8-14-9-11-15;;/h1-5,14H,6-11H2;2*1H. The van der Waals surface area contributed by atoms with Crippen molar-refractivity contribution in [3.8, 4) is 0 Å². The first-order valence-corrected chi connectivity index (χ1v) is 5.93. The van der Waals surface area contributed by atoms with Crippen LogP contribution in [0.2, 0.25) is 0 Å². The number of hydrogen-bond acceptors (Lipinski definition) is 2. The molecule has 0 spiro atoms. The molecule has 3 rings (SSSR count). The molecule has 1 aliphatic heterocycles. The van der Waals surface area contributed by atoms with Gasteiger partial charge in [-0.1, -0.05) is 30.3 Å². The van der Waals surface area contributed by atoms with Gasteiger partial charge in [-0.05, 0) is 18.4 Å². The van der Waals surface area contributed by atoms with Crippen LogP contribution in [0.4, 0.5) is 0 Å². The van der Waals surface area contributed by atoms with Gasteiger partial charge in [0.25, 0.3) is 0 Å². The van der Waals surface area contributed by atoms with Crippen molar-refractivity contribution in [2.24, 2.45) is 0 Å². The highest BCUT2D eigenvalue weighted by Gasteiger charge is 2.49. The minimum atomic E-state index is 0. The van der Waals surface area contributed by atoms with E-state index in [1.807, 2.05) is 0 Å². The molecule has 2 aliphatic rings. The molecule has 17 heavy (non-hydrogen) atoms. The molecule has 2 fully saturated rings. The van der Waals surface area contributed by atoms with Crippen LogP contribution in [0.15, 0.2) is 30.3 Å². The van der Waals surface area contributed by atoms with E-state index in [9.17, 15) is 0 Å². The van der Waals surface area contributed by atoms with Crippen LogP contribution in [0.1, 0.15) is 18.4 Å². The Labute approximate surface area is 116 Å². The summed E-state index contributed by atoms with van der Waals surface area (Å²) in [6, 6.07) is 11.0. The maximum absolute atomic E-state index is 3.42. The highest BCUT2D eigenvalue weighted by atomic mass is 35.5. The molecule has 2 nitrogen and oxygen atoms in total. The first kappa shape index (κ1) is 14.8. The SMILES string of the molecule is Cl.Cl.c1ccc(C2(N3CCNCC3)CC2)cc1. The normalized spacial score (nSPS) is 22.1. The van der Waals surface area contributed by atoms with Gasteiger partial charge >= 0.3 is 0 Å². The Hall–Kier alpha value is -0.280. The van der Waals surface area contributed by atoms with Crippen molar-refractivity contribution < 1.29 is 0 Å². The Morgan fingerprint density at radius 3 is 2.06 bits per heavy atom. The van der Waals surface area contributed by atoms with E-state index in [0.717, 1.165) is 13.1 Å². The Balaban J connectivity index is 0.000000722. The quantitative estimate of drug-likeness (QED) is 0.891. The lowest BCUT2D eigenvalue weighted by atomic mass is 10.0. The average Bonchev–Trinajstić information content (AvgIpc) is 3.13. The van der Waals surface area contributed by atoms with Crippen LogP contribution >= 0.6 is 24.8 Å². The summed E-state index contributed by atoms with van der Waals surface area (Å²) in [5.74, 6) is 0. The largest absolute Gasteiger partial charge is 0.314 e. The first-order valence-electron chi connectivity index (χ1n) is 5.93. The van der Waals surface area contributed by atoms with E-state index in [2.05, 4.69) is 40.5 Å². The summed E-state index contributed by atoms with van der Waals surface area (Å²) in [6.45, 7) is 4.70. The summed E-state index contributed by atoms with van der Waals surface area (Å²) in [6.07, 6.45) is 2.69. The van der Waals surface area contributed by atoms with E-state index >= 15 is 0 Å². The van der Waals surface area contributed by atoms with Gasteiger partial charge in [0.15, 0.2) is 0 Å². The zero-order chi connectivity index (χ0) is 10.1. The number of rotatable bonds is 2. The molecule has 96 valence electrons. The predicted molar refractivity (Wildman–Crippen MR) is 76.3 cm³/mol. The van der Waals surface area contributed by atoms with Crippen molar-refractivity contribution in [1.82, 2.24) is 10.2 Å². The topological polar surface area (TPSA) is 15.3 Å². The van der Waals surface area contributed by atoms with Gasteiger partial charge in [-0.3, -0.25) is 4.90 Å². The molecular weight excluding hydrogens is 255 g/mol. The van der Waals surface area contributed by atoms with Crippen molar-refractivity contribution in [1.29, 1.82) is 0 Å². The van der Waals surface area contributed by atoms with Gasteiger partial charge in [0.2, 0.25) is 0 Å². The molecular formula is C13H20Cl2N2. The number of nitrogens with zero attached hydrogens (tertiary/aromatic N) is 1. The van der Waals surface area contributed by atoms with Crippen molar-refractivity contribution in [3.63, 3.8) is 0 Å². The van der Waals surface area contributed by atoms with Crippen molar-refractivity contribution >= 4 is 24.8 Å². The highest BCUT2D eigenvalue weighted by molar-refractivity contribution is 5.85. The van der Waals surface area contributed by atoms with Gasteiger partial charge in [0.05, 0.1) is 0 Å². The van der Waals surface area contributed by atoms with Gasteiger partial charge in [-0.2, -0.15) is 0 Å². The minimum absolute atomic E-state index is 0. The molecule has 0 atom stereocenters. The molecule has 1 aromatic rings. The summed E-state index contributed by atoms with van der Waals surface area (Å²) in [5.41, 5.74) is 1.93. The van der Waals surface area contributed by atoms with Crippen molar-refractivity contribution in [2.45, 2.75) is 18.4 Å². The molecule has 1 N–H and O–H groups in total. The van der Waals surface area contributed by atoms with Crippen molar-refractivity contribution in [2.75, 3.05) is 26.2 Å². The van der Waals surface area contributed by atoms with E-state index in [1.165, 1.54) is 31.5 Å². The third-order valence-electron chi connectivity index (χ3n) is 3.76. The second-order valence-electron chi connectivity index (χ2n) is 4.63. The third kappa shape index (κ3) is 2.76. The molecule has 0 radical (unpaired) electrons. The zero-order valence-electron chi connectivity index (χ0n) is 9.89. The lowest BCUT2D eigenvalue weighted by Gasteiger charge is -2.35. The molecule has 0 bridgehead atoms. The van der Waals surface area contributed by atoms with Gasteiger partial charge < -0.3 is 5.32 Å². The molecule has 1 aliphatic carbocycles. The predicted octanol–water partition coefficient (Wildman–Crippen LogP) is 2.42. The second-order valence-corrected chi connectivity index (χ2v) is 4.63. The molecule has 0 amide bonds. The minimum Gasteiger partial charge on any atom is -0.314 e. The Bertz CT molecular complexity index is 333. The maximum atomic E-state index is 3.42. The Morgan fingerprint density at radius 1 is 0.941 bits per heavy atom. The lowest BCUT2D eigenvalue weighted by Crippen LogP contribution is -2.48. The van der Waals surface area contributed by atoms with Crippen LogP contribution in [-0.4, -0.2) is 31.1 Å². The van der Waals surface area contributed by atoms with E-state index < -0.39 is 0 Å². The smallest absolute Gasteiger partial charge is 0.0463 e. The van der Waals surface area contributed by atoms with Gasteiger partial charge in [0, 0.05) is 31.7 Å². The second kappa shape index (κ2) is 6.05. The molecule has 0 unspecified atom stereocenters. The van der Waals surface area contributed by atoms with Crippen LogP contribution in [-0.2, 0) is 5.54 Å². The summed E-state index contributed by atoms with van der Waals surface area (Å²) in [7, 11) is 0. The van der Waals surface area contributed by atoms with E-state index in [0.29, 0.717) is 5.54 Å². The molecule has 0 aromatic heterocycles. The lowest BCUT2D eigenvalue weighted by molar-refractivity contribution is 0.154. The van der Waals surface area contributed by atoms with Crippen LogP contribution in [0.3, 0.4) is 0 Å². The van der Waals surface area contributed by atoms with Crippen LogP contribution in [0.25, 0.3) is 0 Å². The molecule has 1 saturated heterocycles. The van der Waals surface area contributed by atoms with Gasteiger partial charge in [-0.15, -0.1) is 24.8 Å². The monoisotopic (exact) mass is 274 g/mol. The Morgan fingerprint density at radius 2 is 1.53 bits per heavy atom. The van der Waals surface area contributed by atoms with Gasteiger partial charge in [0.1, 0.15) is 0 Å². The van der Waals surface area contributed by atoms with E-state index in [1.54, 1.807) is 0 Å². The summed E-state index contributed by atoms with van der Waals surface area (Å²) in [4.78, 5) is 2.67. The molecule has 1 aromatic carbocycles. The summed E-state index contributed by atoms with van der Waals surface area (Å²) >= 11 is 0. The number of halogens is 2. The zero-order valence-corrected chi connectivity index (χ0v) is 11.5. The van der Waals surface area contributed by atoms with E-state index in [-0.39, 0.29) is 24.8 Å². The van der Waals surface area contributed by atoms with Gasteiger partial charge in [-0.25, -0.2) is 0 Å². The average molecular weight is 275 g/mol. The summed E-state index contributed by atoms with van der Waals surface area (Å²) in [5, 5.41) is 3.42. The Kier molecular flexibility index (Phi) is 5.26. The summed E-state index contributed by atoms with van der Waals surface area (Å²) < 4.78 is 0. The van der Waals surface area contributed by atoms with Crippen LogP contribution in [0, 0.1) is 0 Å². The highest BCUT2D eigenvalue weighted by Crippen LogP contribution is 2.50. The molecule has 1 heterocycles. The number of hydrogen-bond donors (Lipinski definition) is 1. The first-order chi connectivity index (χ1) is 7.42.